The maximum atomic E-state index is 11.7. The van der Waals surface area contributed by atoms with Crippen molar-refractivity contribution in [2.45, 2.75) is 59.6 Å². The summed E-state index contributed by atoms with van der Waals surface area (Å²) in [5.74, 6) is -1.47. The molecular weight excluding hydrogens is 376 g/mol. The van der Waals surface area contributed by atoms with Crippen molar-refractivity contribution in [2.75, 3.05) is 13.2 Å². The van der Waals surface area contributed by atoms with E-state index in [9.17, 15) is 19.5 Å². The molecule has 4 N–H and O–H groups in total. The van der Waals surface area contributed by atoms with E-state index in [1.54, 1.807) is 32.9 Å². The number of hydrogen-bond acceptors (Lipinski definition) is 7. The lowest BCUT2D eigenvalue weighted by Gasteiger charge is -2.16. The van der Waals surface area contributed by atoms with E-state index in [4.69, 9.17) is 15.2 Å². The molecule has 0 aliphatic rings. The van der Waals surface area contributed by atoms with E-state index < -0.39 is 30.0 Å². The molecule has 8 nitrogen and oxygen atoms in total. The highest BCUT2D eigenvalue weighted by Crippen LogP contribution is 2.10. The summed E-state index contributed by atoms with van der Waals surface area (Å²) in [5.41, 5.74) is 6.36. The Balaban J connectivity index is 0.00000245. The second-order valence-corrected chi connectivity index (χ2v) is 7.02. The molecular formula is C21H34N2O6. The summed E-state index contributed by atoms with van der Waals surface area (Å²) in [6, 6.07) is 5.50. The quantitative estimate of drug-likeness (QED) is 0.531. The average Bonchev–Trinajstić information content (AvgIpc) is 2.66. The molecule has 1 rings (SSSR count). The lowest BCUT2D eigenvalue weighted by atomic mass is 10.1. The first-order valence-electron chi connectivity index (χ1n) is 9.76. The summed E-state index contributed by atoms with van der Waals surface area (Å²) in [4.78, 5) is 35.1. The van der Waals surface area contributed by atoms with Gasteiger partial charge in [0.05, 0.1) is 12.5 Å². The van der Waals surface area contributed by atoms with Crippen LogP contribution < -0.4 is 11.1 Å². The van der Waals surface area contributed by atoms with E-state index in [0.29, 0.717) is 5.56 Å². The van der Waals surface area contributed by atoms with E-state index in [1.165, 1.54) is 18.6 Å². The SMILES string of the molecule is CC(COC(=O)Cc1ccc(O)cc1)OC(=O)CNC(=O)C(N)C(C)C.CCC. The predicted molar refractivity (Wildman–Crippen MR) is 110 cm³/mol. The zero-order valence-electron chi connectivity index (χ0n) is 17.9. The standard InChI is InChI=1S/C18H26N2O6.C3H8/c1-11(2)17(19)18(24)20-9-16(23)26-12(3)10-25-15(22)8-13-4-6-14(21)7-5-13;1-3-2/h4-7,11-12,17,21H,8-10,19H2,1-3H3,(H,20,24);3H2,1-2H3. The Labute approximate surface area is 172 Å². The van der Waals surface area contributed by atoms with Crippen LogP contribution in [-0.4, -0.2) is 48.2 Å². The predicted octanol–water partition coefficient (Wildman–Crippen LogP) is 1.93. The van der Waals surface area contributed by atoms with Crippen LogP contribution in [0.3, 0.4) is 0 Å². The first-order valence-corrected chi connectivity index (χ1v) is 9.76. The number of rotatable bonds is 9. The number of amides is 1. The third-order valence-corrected chi connectivity index (χ3v) is 3.52. The number of aromatic hydroxyl groups is 1. The van der Waals surface area contributed by atoms with Crippen LogP contribution >= 0.6 is 0 Å². The number of carbonyl (C=O) groups excluding carboxylic acids is 3. The molecule has 0 aliphatic carbocycles. The molecule has 0 saturated carbocycles. The summed E-state index contributed by atoms with van der Waals surface area (Å²) >= 11 is 0. The highest BCUT2D eigenvalue weighted by Gasteiger charge is 2.19. The summed E-state index contributed by atoms with van der Waals surface area (Å²) in [6.45, 7) is 9.04. The molecule has 2 atom stereocenters. The smallest absolute Gasteiger partial charge is 0.325 e. The minimum absolute atomic E-state index is 0.0436. The molecule has 0 radical (unpaired) electrons. The summed E-state index contributed by atoms with van der Waals surface area (Å²) in [5, 5.41) is 11.6. The van der Waals surface area contributed by atoms with Gasteiger partial charge in [-0.1, -0.05) is 46.2 Å². The maximum Gasteiger partial charge on any atom is 0.325 e. The van der Waals surface area contributed by atoms with Crippen LogP contribution in [0.4, 0.5) is 0 Å². The molecule has 1 amide bonds. The zero-order chi connectivity index (χ0) is 22.4. The first-order chi connectivity index (χ1) is 13.6. The Bertz CT molecular complexity index is 631. The monoisotopic (exact) mass is 410 g/mol. The largest absolute Gasteiger partial charge is 0.508 e. The number of nitrogens with two attached hydrogens (primary N) is 1. The van der Waals surface area contributed by atoms with Gasteiger partial charge in [0.25, 0.3) is 0 Å². The van der Waals surface area contributed by atoms with Crippen molar-refractivity contribution >= 4 is 17.8 Å². The minimum Gasteiger partial charge on any atom is -0.508 e. The number of benzene rings is 1. The maximum absolute atomic E-state index is 11.7. The Morgan fingerprint density at radius 1 is 1.07 bits per heavy atom. The van der Waals surface area contributed by atoms with Gasteiger partial charge in [0, 0.05) is 0 Å². The van der Waals surface area contributed by atoms with Gasteiger partial charge in [-0.15, -0.1) is 0 Å². The molecule has 0 aliphatic heterocycles. The van der Waals surface area contributed by atoms with Gasteiger partial charge < -0.3 is 25.6 Å². The topological polar surface area (TPSA) is 128 Å². The van der Waals surface area contributed by atoms with Crippen molar-refractivity contribution in [3.05, 3.63) is 29.8 Å². The van der Waals surface area contributed by atoms with Crippen LogP contribution in [0.5, 0.6) is 5.75 Å². The Hall–Kier alpha value is -2.61. The number of esters is 2. The van der Waals surface area contributed by atoms with Gasteiger partial charge in [-0.3, -0.25) is 14.4 Å². The lowest BCUT2D eigenvalue weighted by molar-refractivity contribution is -0.157. The number of carbonyl (C=O) groups is 3. The Morgan fingerprint density at radius 2 is 1.62 bits per heavy atom. The molecule has 0 heterocycles. The molecule has 0 saturated heterocycles. The number of ether oxygens (including phenoxy) is 2. The van der Waals surface area contributed by atoms with Gasteiger partial charge in [-0.25, -0.2) is 0 Å². The lowest BCUT2D eigenvalue weighted by Crippen LogP contribution is -2.46. The molecule has 164 valence electrons. The Morgan fingerprint density at radius 3 is 2.14 bits per heavy atom. The highest BCUT2D eigenvalue weighted by atomic mass is 16.6. The molecule has 1 aromatic rings. The molecule has 0 bridgehead atoms. The summed E-state index contributed by atoms with van der Waals surface area (Å²) < 4.78 is 10.1. The number of nitrogens with one attached hydrogen (secondary N) is 1. The zero-order valence-corrected chi connectivity index (χ0v) is 17.9. The van der Waals surface area contributed by atoms with E-state index in [1.807, 2.05) is 0 Å². The molecule has 8 heteroatoms. The third kappa shape index (κ3) is 12.5. The van der Waals surface area contributed by atoms with Crippen LogP contribution in [0.25, 0.3) is 0 Å². The molecule has 0 fully saturated rings. The van der Waals surface area contributed by atoms with Crippen molar-refractivity contribution in [3.8, 4) is 5.75 Å². The normalized spacial score (nSPS) is 12.2. The van der Waals surface area contributed by atoms with Gasteiger partial charge in [0.1, 0.15) is 25.0 Å². The van der Waals surface area contributed by atoms with Gasteiger partial charge in [0.2, 0.25) is 5.91 Å². The molecule has 1 aromatic carbocycles. The number of phenols is 1. The van der Waals surface area contributed by atoms with Gasteiger partial charge in [0.15, 0.2) is 0 Å². The van der Waals surface area contributed by atoms with Crippen molar-refractivity contribution < 1.29 is 29.0 Å². The fourth-order valence-electron chi connectivity index (χ4n) is 1.92. The highest BCUT2D eigenvalue weighted by molar-refractivity contribution is 5.85. The van der Waals surface area contributed by atoms with Crippen LogP contribution in [0.15, 0.2) is 24.3 Å². The second kappa shape index (κ2) is 14.4. The van der Waals surface area contributed by atoms with Crippen LogP contribution in [0.1, 0.15) is 46.6 Å². The minimum atomic E-state index is -0.693. The van der Waals surface area contributed by atoms with Gasteiger partial charge in [-0.2, -0.15) is 0 Å². The van der Waals surface area contributed by atoms with E-state index in [-0.39, 0.29) is 31.2 Å². The van der Waals surface area contributed by atoms with Gasteiger partial charge in [-0.05, 0) is 30.5 Å². The molecule has 0 spiro atoms. The molecule has 0 aromatic heterocycles. The van der Waals surface area contributed by atoms with E-state index in [0.717, 1.165) is 0 Å². The average molecular weight is 411 g/mol. The fraction of sp³-hybridized carbons (Fsp3) is 0.571. The molecule has 2 unspecified atom stereocenters. The number of phenolic OH excluding ortho intramolecular Hbond substituents is 1. The number of hydrogen-bond donors (Lipinski definition) is 3. The van der Waals surface area contributed by atoms with Crippen molar-refractivity contribution in [2.24, 2.45) is 11.7 Å². The van der Waals surface area contributed by atoms with E-state index in [2.05, 4.69) is 19.2 Å². The Kier molecular flexibility index (Phi) is 13.1. The molecule has 29 heavy (non-hydrogen) atoms. The van der Waals surface area contributed by atoms with Crippen LogP contribution in [0, 0.1) is 5.92 Å². The summed E-state index contributed by atoms with van der Waals surface area (Å²) in [6.07, 6.45) is 0.645. The summed E-state index contributed by atoms with van der Waals surface area (Å²) in [7, 11) is 0. The third-order valence-electron chi connectivity index (χ3n) is 3.52. The van der Waals surface area contributed by atoms with Crippen molar-refractivity contribution in [1.29, 1.82) is 0 Å². The van der Waals surface area contributed by atoms with Crippen LogP contribution in [0.2, 0.25) is 0 Å². The van der Waals surface area contributed by atoms with E-state index >= 15 is 0 Å². The van der Waals surface area contributed by atoms with Crippen LogP contribution in [-0.2, 0) is 30.3 Å². The first kappa shape index (κ1) is 26.4. The van der Waals surface area contributed by atoms with Crippen molar-refractivity contribution in [3.63, 3.8) is 0 Å². The fourth-order valence-corrected chi connectivity index (χ4v) is 1.92. The second-order valence-electron chi connectivity index (χ2n) is 7.02. The van der Waals surface area contributed by atoms with Gasteiger partial charge >= 0.3 is 11.9 Å². The van der Waals surface area contributed by atoms with Crippen molar-refractivity contribution in [1.82, 2.24) is 5.32 Å².